The smallest absolute Gasteiger partial charge is 0.263 e. The molecule has 3 aromatic rings. The van der Waals surface area contributed by atoms with Crippen LogP contribution in [-0.4, -0.2) is 24.3 Å². The van der Waals surface area contributed by atoms with Gasteiger partial charge in [0.2, 0.25) is 5.91 Å². The van der Waals surface area contributed by atoms with Gasteiger partial charge in [-0.05, 0) is 48.9 Å². The van der Waals surface area contributed by atoms with Crippen LogP contribution in [0.3, 0.4) is 0 Å². The molecule has 0 spiro atoms. The highest BCUT2D eigenvalue weighted by Gasteiger charge is 2.20. The van der Waals surface area contributed by atoms with Gasteiger partial charge in [-0.3, -0.25) is 14.5 Å². The molecule has 1 amide bonds. The summed E-state index contributed by atoms with van der Waals surface area (Å²) in [5.74, 6) is -0.543. The molecular formula is C19H16ClFN4O3S. The zero-order valence-electron chi connectivity index (χ0n) is 15.4. The normalized spacial score (nSPS) is 11.2. The molecule has 0 bridgehead atoms. The molecule has 0 saturated carbocycles. The van der Waals surface area contributed by atoms with E-state index in [0.29, 0.717) is 22.6 Å². The number of aromatic nitrogens is 2. The highest BCUT2D eigenvalue weighted by molar-refractivity contribution is 7.92. The van der Waals surface area contributed by atoms with Crippen molar-refractivity contribution in [2.45, 2.75) is 18.7 Å². The molecule has 0 saturated heterocycles. The molecule has 29 heavy (non-hydrogen) atoms. The van der Waals surface area contributed by atoms with E-state index in [0.717, 1.165) is 18.2 Å². The first-order chi connectivity index (χ1) is 13.7. The van der Waals surface area contributed by atoms with Gasteiger partial charge in [-0.1, -0.05) is 11.6 Å². The first-order valence-electron chi connectivity index (χ1n) is 8.34. The van der Waals surface area contributed by atoms with E-state index in [-0.39, 0.29) is 21.5 Å². The third-order valence-corrected chi connectivity index (χ3v) is 5.76. The minimum atomic E-state index is -4.06. The molecule has 0 fully saturated rings. The van der Waals surface area contributed by atoms with Crippen LogP contribution in [0.5, 0.6) is 0 Å². The Hall–Kier alpha value is -3.04. The molecule has 10 heteroatoms. The van der Waals surface area contributed by atoms with Gasteiger partial charge in [0.15, 0.2) is 0 Å². The van der Waals surface area contributed by atoms with Gasteiger partial charge in [0.25, 0.3) is 10.0 Å². The highest BCUT2D eigenvalue weighted by atomic mass is 35.5. The van der Waals surface area contributed by atoms with Crippen molar-refractivity contribution in [3.05, 3.63) is 65.3 Å². The maximum absolute atomic E-state index is 13.2. The molecule has 0 aliphatic rings. The fourth-order valence-corrected chi connectivity index (χ4v) is 4.19. The Balaban J connectivity index is 1.97. The van der Waals surface area contributed by atoms with Gasteiger partial charge in [-0.15, -0.1) is 0 Å². The predicted octanol–water partition coefficient (Wildman–Crippen LogP) is 4.00. The molecule has 0 atom stereocenters. The van der Waals surface area contributed by atoms with Gasteiger partial charge in [0, 0.05) is 24.9 Å². The van der Waals surface area contributed by atoms with Gasteiger partial charge in [-0.2, -0.15) is 0 Å². The number of anilines is 2. The van der Waals surface area contributed by atoms with Crippen LogP contribution in [0.2, 0.25) is 5.02 Å². The number of carbonyl (C=O) groups excluding carboxylic acids is 1. The van der Waals surface area contributed by atoms with Crippen LogP contribution < -0.4 is 10.0 Å². The Labute approximate surface area is 172 Å². The number of carbonyl (C=O) groups is 1. The van der Waals surface area contributed by atoms with E-state index in [4.69, 9.17) is 11.6 Å². The summed E-state index contributed by atoms with van der Waals surface area (Å²) < 4.78 is 41.1. The number of nitrogens with zero attached hydrogens (tertiary/aromatic N) is 2. The number of sulfonamides is 1. The third-order valence-electron chi connectivity index (χ3n) is 3.91. The van der Waals surface area contributed by atoms with Crippen LogP contribution in [-0.2, 0) is 14.8 Å². The van der Waals surface area contributed by atoms with Crippen LogP contribution >= 0.6 is 11.6 Å². The molecule has 1 aromatic carbocycles. The summed E-state index contributed by atoms with van der Waals surface area (Å²) in [5, 5.41) is 2.36. The average molecular weight is 435 g/mol. The Kier molecular flexibility index (Phi) is 5.81. The predicted molar refractivity (Wildman–Crippen MR) is 109 cm³/mol. The lowest BCUT2D eigenvalue weighted by molar-refractivity contribution is -0.114. The Morgan fingerprint density at radius 1 is 1.10 bits per heavy atom. The van der Waals surface area contributed by atoms with Crippen molar-refractivity contribution in [2.24, 2.45) is 0 Å². The second-order valence-electron chi connectivity index (χ2n) is 6.15. The number of nitrogens with one attached hydrogen (secondary N) is 2. The van der Waals surface area contributed by atoms with E-state index >= 15 is 0 Å². The molecule has 0 aliphatic heterocycles. The zero-order chi connectivity index (χ0) is 21.2. The summed E-state index contributed by atoms with van der Waals surface area (Å²) in [6.45, 7) is 3.01. The van der Waals surface area contributed by atoms with Crippen LogP contribution in [0.25, 0.3) is 11.1 Å². The topological polar surface area (TPSA) is 101 Å². The molecule has 2 N–H and O–H groups in total. The maximum atomic E-state index is 13.2. The summed E-state index contributed by atoms with van der Waals surface area (Å²) >= 11 is 5.89. The Morgan fingerprint density at radius 3 is 2.55 bits per heavy atom. The lowest BCUT2D eigenvalue weighted by atomic mass is 10.1. The van der Waals surface area contributed by atoms with Crippen molar-refractivity contribution in [3.63, 3.8) is 0 Å². The van der Waals surface area contributed by atoms with Crippen molar-refractivity contribution >= 4 is 39.0 Å². The van der Waals surface area contributed by atoms with Gasteiger partial charge in [0.05, 0.1) is 16.4 Å². The van der Waals surface area contributed by atoms with Crippen molar-refractivity contribution < 1.29 is 17.6 Å². The van der Waals surface area contributed by atoms with Crippen LogP contribution in [0, 0.1) is 12.7 Å². The van der Waals surface area contributed by atoms with E-state index in [1.54, 1.807) is 31.3 Å². The summed E-state index contributed by atoms with van der Waals surface area (Å²) in [7, 11) is -4.06. The number of rotatable bonds is 5. The summed E-state index contributed by atoms with van der Waals surface area (Å²) in [6, 6.07) is 7.98. The standard InChI is InChI=1S/C19H16ClFN4O3S/c1-11-17(25-29(27,28)18-4-3-15(21)9-16(18)20)7-14(10-23-11)13-5-6-22-19(8-13)24-12(2)26/h3-10,25H,1-2H3,(H,22,24,26). The molecule has 0 unspecified atom stereocenters. The van der Waals surface area contributed by atoms with Crippen molar-refractivity contribution in [3.8, 4) is 11.1 Å². The molecule has 3 rings (SSSR count). The fraction of sp³-hybridized carbons (Fsp3) is 0.105. The van der Waals surface area contributed by atoms with Crippen LogP contribution in [0.4, 0.5) is 15.9 Å². The average Bonchev–Trinajstić information content (AvgIpc) is 2.62. The first-order valence-corrected chi connectivity index (χ1v) is 10.2. The molecule has 7 nitrogen and oxygen atoms in total. The van der Waals surface area contributed by atoms with E-state index in [1.807, 2.05) is 0 Å². The van der Waals surface area contributed by atoms with Gasteiger partial charge >= 0.3 is 0 Å². The second-order valence-corrected chi connectivity index (χ2v) is 8.21. The first kappa shape index (κ1) is 20.7. The van der Waals surface area contributed by atoms with Gasteiger partial charge in [-0.25, -0.2) is 17.8 Å². The summed E-state index contributed by atoms with van der Waals surface area (Å²) in [4.78, 5) is 19.3. The summed E-state index contributed by atoms with van der Waals surface area (Å²) in [6.07, 6.45) is 3.09. The van der Waals surface area contributed by atoms with Gasteiger partial charge < -0.3 is 5.32 Å². The number of benzene rings is 1. The number of halogens is 2. The van der Waals surface area contributed by atoms with E-state index in [1.165, 1.54) is 13.1 Å². The number of amides is 1. The summed E-state index contributed by atoms with van der Waals surface area (Å²) in [5.41, 5.74) is 1.96. The largest absolute Gasteiger partial charge is 0.311 e. The lowest BCUT2D eigenvalue weighted by Crippen LogP contribution is -2.15. The molecule has 0 radical (unpaired) electrons. The molecule has 2 heterocycles. The van der Waals surface area contributed by atoms with Crippen LogP contribution in [0.1, 0.15) is 12.6 Å². The maximum Gasteiger partial charge on any atom is 0.263 e. The molecule has 2 aromatic heterocycles. The lowest BCUT2D eigenvalue weighted by Gasteiger charge is -2.13. The number of pyridine rings is 2. The molecule has 0 aliphatic carbocycles. The highest BCUT2D eigenvalue weighted by Crippen LogP contribution is 2.28. The van der Waals surface area contributed by atoms with Crippen molar-refractivity contribution in [1.29, 1.82) is 0 Å². The Bertz CT molecular complexity index is 1200. The quantitative estimate of drug-likeness (QED) is 0.632. The molecular weight excluding hydrogens is 419 g/mol. The molecule has 150 valence electrons. The third kappa shape index (κ3) is 4.87. The monoisotopic (exact) mass is 434 g/mol. The minimum Gasteiger partial charge on any atom is -0.311 e. The van der Waals surface area contributed by atoms with Crippen LogP contribution in [0.15, 0.2) is 53.7 Å². The number of aryl methyl sites for hydroxylation is 1. The Morgan fingerprint density at radius 2 is 1.86 bits per heavy atom. The second kappa shape index (κ2) is 8.14. The number of hydrogen-bond acceptors (Lipinski definition) is 5. The van der Waals surface area contributed by atoms with E-state index < -0.39 is 15.8 Å². The SMILES string of the molecule is CC(=O)Nc1cc(-c2cnc(C)c(NS(=O)(=O)c3ccc(F)cc3Cl)c2)ccn1. The number of hydrogen-bond donors (Lipinski definition) is 2. The van der Waals surface area contributed by atoms with E-state index in [9.17, 15) is 17.6 Å². The zero-order valence-corrected chi connectivity index (χ0v) is 17.0. The van der Waals surface area contributed by atoms with E-state index in [2.05, 4.69) is 20.0 Å². The van der Waals surface area contributed by atoms with Gasteiger partial charge in [0.1, 0.15) is 16.5 Å². The minimum absolute atomic E-state index is 0.228. The van der Waals surface area contributed by atoms with Crippen molar-refractivity contribution in [1.82, 2.24) is 9.97 Å². The fourth-order valence-electron chi connectivity index (χ4n) is 2.55. The van der Waals surface area contributed by atoms with Crippen molar-refractivity contribution in [2.75, 3.05) is 10.0 Å².